The van der Waals surface area contributed by atoms with Gasteiger partial charge in [0.2, 0.25) is 0 Å². The summed E-state index contributed by atoms with van der Waals surface area (Å²) in [5.74, 6) is -0.203. The third kappa shape index (κ3) is 3.46. The number of benzene rings is 1. The van der Waals surface area contributed by atoms with E-state index in [9.17, 15) is 9.90 Å². The largest absolute Gasteiger partial charge is 0.508 e. The summed E-state index contributed by atoms with van der Waals surface area (Å²) in [6.07, 6.45) is 0. The first-order valence-corrected chi connectivity index (χ1v) is 7.75. The highest BCUT2D eigenvalue weighted by Gasteiger charge is 2.11. The van der Waals surface area contributed by atoms with Crippen molar-refractivity contribution in [2.24, 2.45) is 5.10 Å². The maximum Gasteiger partial charge on any atom is 0.291 e. The van der Waals surface area contributed by atoms with Crippen molar-refractivity contribution in [3.8, 4) is 16.3 Å². The number of nitrogens with one attached hydrogen (secondary N) is 2. The average molecular weight is 326 g/mol. The van der Waals surface area contributed by atoms with Crippen molar-refractivity contribution in [3.63, 3.8) is 0 Å². The molecule has 3 aromatic rings. The molecule has 0 fully saturated rings. The maximum atomic E-state index is 12.1. The molecule has 0 aliphatic rings. The first-order chi connectivity index (χ1) is 11.1. The molecular weight excluding hydrogens is 312 g/mol. The number of hydrogen-bond donors (Lipinski definition) is 3. The van der Waals surface area contributed by atoms with Gasteiger partial charge in [0.15, 0.2) is 5.69 Å². The van der Waals surface area contributed by atoms with E-state index in [0.717, 1.165) is 16.1 Å². The normalized spacial score (nSPS) is 11.4. The van der Waals surface area contributed by atoms with E-state index in [1.807, 2.05) is 17.5 Å². The highest BCUT2D eigenvalue weighted by atomic mass is 32.1. The molecule has 2 heterocycles. The Morgan fingerprint density at radius 1 is 1.30 bits per heavy atom. The van der Waals surface area contributed by atoms with Gasteiger partial charge >= 0.3 is 0 Å². The van der Waals surface area contributed by atoms with Gasteiger partial charge in [0, 0.05) is 0 Å². The summed E-state index contributed by atoms with van der Waals surface area (Å²) >= 11 is 1.57. The number of carbonyl (C=O) groups is 1. The maximum absolute atomic E-state index is 12.1. The fourth-order valence-corrected chi connectivity index (χ4v) is 2.65. The third-order valence-electron chi connectivity index (χ3n) is 3.21. The predicted molar refractivity (Wildman–Crippen MR) is 89.7 cm³/mol. The minimum atomic E-state index is -0.387. The van der Waals surface area contributed by atoms with Crippen LogP contribution in [0.3, 0.4) is 0 Å². The lowest BCUT2D eigenvalue weighted by Crippen LogP contribution is -2.19. The Labute approximate surface area is 136 Å². The molecule has 3 N–H and O–H groups in total. The number of nitrogens with zero attached hydrogens (tertiary/aromatic N) is 2. The number of phenols is 1. The van der Waals surface area contributed by atoms with E-state index in [0.29, 0.717) is 5.71 Å². The summed E-state index contributed by atoms with van der Waals surface area (Å²) in [6, 6.07) is 12.2. The standard InChI is InChI=1S/C16H14N4O2S/c1-10(11-4-6-12(21)7-5-11)17-20-16(22)14-9-13(18-19-14)15-3-2-8-23-15/h2-9,21H,1H3,(H,18,19)(H,20,22)/b17-10+. The minimum absolute atomic E-state index is 0.184. The Morgan fingerprint density at radius 2 is 2.09 bits per heavy atom. The number of H-pyrrole nitrogens is 1. The molecule has 0 bridgehead atoms. The second kappa shape index (κ2) is 6.45. The van der Waals surface area contributed by atoms with Crippen molar-refractivity contribution in [3.05, 3.63) is 59.1 Å². The number of phenolic OH excluding ortho intramolecular Hbond substituents is 1. The van der Waals surface area contributed by atoms with E-state index < -0.39 is 0 Å². The van der Waals surface area contributed by atoms with Gasteiger partial charge in [0.05, 0.1) is 16.3 Å². The lowest BCUT2D eigenvalue weighted by atomic mass is 10.1. The van der Waals surface area contributed by atoms with Crippen LogP contribution in [0.2, 0.25) is 0 Å². The van der Waals surface area contributed by atoms with Gasteiger partial charge < -0.3 is 5.11 Å². The zero-order valence-electron chi connectivity index (χ0n) is 12.3. The Hall–Kier alpha value is -2.93. The van der Waals surface area contributed by atoms with Crippen molar-refractivity contribution in [2.75, 3.05) is 0 Å². The van der Waals surface area contributed by atoms with Crippen LogP contribution in [0.25, 0.3) is 10.6 Å². The number of thiophene rings is 1. The minimum Gasteiger partial charge on any atom is -0.508 e. The van der Waals surface area contributed by atoms with E-state index in [4.69, 9.17) is 0 Å². The molecule has 6 nitrogen and oxygen atoms in total. The van der Waals surface area contributed by atoms with Crippen molar-refractivity contribution in [1.29, 1.82) is 0 Å². The number of amides is 1. The molecule has 0 radical (unpaired) electrons. The monoisotopic (exact) mass is 326 g/mol. The smallest absolute Gasteiger partial charge is 0.291 e. The molecule has 0 aliphatic heterocycles. The van der Waals surface area contributed by atoms with Crippen LogP contribution < -0.4 is 5.43 Å². The summed E-state index contributed by atoms with van der Waals surface area (Å²) in [5.41, 5.74) is 4.99. The number of rotatable bonds is 4. The van der Waals surface area contributed by atoms with E-state index >= 15 is 0 Å². The Balaban J connectivity index is 1.69. The molecule has 0 saturated heterocycles. The SMILES string of the molecule is C/C(=N\NC(=O)c1cc(-c2cccs2)[nH]n1)c1ccc(O)cc1. The second-order valence-electron chi connectivity index (χ2n) is 4.83. The van der Waals surface area contributed by atoms with Crippen LogP contribution in [0, 0.1) is 0 Å². The number of aromatic amines is 1. The summed E-state index contributed by atoms with van der Waals surface area (Å²) in [6.45, 7) is 1.77. The van der Waals surface area contributed by atoms with Crippen LogP contribution in [0.4, 0.5) is 0 Å². The molecule has 3 rings (SSSR count). The van der Waals surface area contributed by atoms with Crippen LogP contribution in [-0.4, -0.2) is 26.9 Å². The fourth-order valence-electron chi connectivity index (χ4n) is 1.96. The molecule has 0 unspecified atom stereocenters. The fraction of sp³-hybridized carbons (Fsp3) is 0.0625. The van der Waals surface area contributed by atoms with E-state index in [2.05, 4.69) is 20.7 Å². The van der Waals surface area contributed by atoms with Crippen LogP contribution in [0.1, 0.15) is 23.0 Å². The number of hydrogen-bond acceptors (Lipinski definition) is 5. The summed E-state index contributed by atoms with van der Waals surface area (Å²) < 4.78 is 0. The number of aromatic hydroxyl groups is 1. The van der Waals surface area contributed by atoms with Crippen molar-refractivity contribution in [1.82, 2.24) is 15.6 Å². The highest BCUT2D eigenvalue weighted by Crippen LogP contribution is 2.22. The second-order valence-corrected chi connectivity index (χ2v) is 5.78. The van der Waals surface area contributed by atoms with Gasteiger partial charge in [0.25, 0.3) is 5.91 Å². The van der Waals surface area contributed by atoms with Crippen LogP contribution in [0.5, 0.6) is 5.75 Å². The third-order valence-corrected chi connectivity index (χ3v) is 4.11. The first kappa shape index (κ1) is 15.0. The zero-order chi connectivity index (χ0) is 16.2. The van der Waals surface area contributed by atoms with Crippen LogP contribution in [-0.2, 0) is 0 Å². The lowest BCUT2D eigenvalue weighted by Gasteiger charge is -2.01. The van der Waals surface area contributed by atoms with Gasteiger partial charge in [-0.3, -0.25) is 9.89 Å². The zero-order valence-corrected chi connectivity index (χ0v) is 13.1. The molecule has 116 valence electrons. The molecule has 7 heteroatoms. The molecule has 0 spiro atoms. The van der Waals surface area contributed by atoms with E-state index in [1.165, 1.54) is 0 Å². The van der Waals surface area contributed by atoms with Crippen molar-refractivity contribution < 1.29 is 9.90 Å². The summed E-state index contributed by atoms with van der Waals surface area (Å²) in [7, 11) is 0. The van der Waals surface area contributed by atoms with Gasteiger partial charge in [-0.25, -0.2) is 5.43 Å². The molecule has 23 heavy (non-hydrogen) atoms. The van der Waals surface area contributed by atoms with Gasteiger partial charge in [-0.15, -0.1) is 11.3 Å². The lowest BCUT2D eigenvalue weighted by molar-refractivity contribution is 0.0950. The van der Waals surface area contributed by atoms with Crippen molar-refractivity contribution >= 4 is 23.0 Å². The van der Waals surface area contributed by atoms with Crippen molar-refractivity contribution in [2.45, 2.75) is 6.92 Å². The summed E-state index contributed by atoms with van der Waals surface area (Å²) in [4.78, 5) is 13.1. The quantitative estimate of drug-likeness (QED) is 0.508. The van der Waals surface area contributed by atoms with Gasteiger partial charge in [-0.05, 0) is 54.3 Å². The summed E-state index contributed by atoms with van der Waals surface area (Å²) in [5, 5.41) is 22.1. The first-order valence-electron chi connectivity index (χ1n) is 6.87. The molecular formula is C16H14N4O2S. The number of carbonyl (C=O) groups excluding carboxylic acids is 1. The van der Waals surface area contributed by atoms with Gasteiger partial charge in [-0.1, -0.05) is 6.07 Å². The van der Waals surface area contributed by atoms with Crippen LogP contribution >= 0.6 is 11.3 Å². The number of aromatic nitrogens is 2. The predicted octanol–water partition coefficient (Wildman–Crippen LogP) is 3.00. The topological polar surface area (TPSA) is 90.4 Å². The van der Waals surface area contributed by atoms with Gasteiger partial charge in [0.1, 0.15) is 5.75 Å². The Bertz CT molecular complexity index is 835. The number of hydrazone groups is 1. The van der Waals surface area contributed by atoms with Crippen LogP contribution in [0.15, 0.2) is 52.9 Å². The molecule has 1 aromatic carbocycles. The Kier molecular flexibility index (Phi) is 4.20. The molecule has 1 amide bonds. The van der Waals surface area contributed by atoms with Gasteiger partial charge in [-0.2, -0.15) is 10.2 Å². The average Bonchev–Trinajstić information content (AvgIpc) is 3.23. The van der Waals surface area contributed by atoms with E-state index in [-0.39, 0.29) is 17.4 Å². The Morgan fingerprint density at radius 3 is 2.78 bits per heavy atom. The molecule has 0 saturated carbocycles. The molecule has 0 aliphatic carbocycles. The van der Waals surface area contributed by atoms with E-state index in [1.54, 1.807) is 48.6 Å². The molecule has 2 aromatic heterocycles. The molecule has 0 atom stereocenters. The highest BCUT2D eigenvalue weighted by molar-refractivity contribution is 7.13.